The first-order chi connectivity index (χ1) is 19.8. The molecule has 3 amide bonds. The lowest BCUT2D eigenvalue weighted by molar-refractivity contribution is -0.122. The van der Waals surface area contributed by atoms with Gasteiger partial charge in [-0.05, 0) is 59.6 Å². The van der Waals surface area contributed by atoms with Gasteiger partial charge in [0.25, 0.3) is 11.8 Å². The topological polar surface area (TPSA) is 156 Å². The second-order valence-corrected chi connectivity index (χ2v) is 9.82. The molecule has 3 aromatic carbocycles. The van der Waals surface area contributed by atoms with Gasteiger partial charge in [0.05, 0.1) is 12.8 Å². The highest BCUT2D eigenvalue weighted by molar-refractivity contribution is 7.09. The van der Waals surface area contributed by atoms with Crippen LogP contribution in [0.4, 0.5) is 15.8 Å². The van der Waals surface area contributed by atoms with Gasteiger partial charge in [0.2, 0.25) is 5.91 Å². The summed E-state index contributed by atoms with van der Waals surface area (Å²) >= 11 is 0.718. The predicted octanol–water partition coefficient (Wildman–Crippen LogP) is 4.16. The van der Waals surface area contributed by atoms with Crippen LogP contribution in [-0.4, -0.2) is 34.2 Å². The van der Waals surface area contributed by atoms with E-state index in [4.69, 9.17) is 16.2 Å². The SMILES string of the molecule is COc1ccc(N(C(=O)c2snc(C(N)=O)c2N)[C@H](C(=O)NCc2ccc(F)cc2)c2c[nH]c3ccccc23)cc1. The molecule has 0 aliphatic rings. The fourth-order valence-electron chi connectivity index (χ4n) is 4.47. The number of H-pyrrole nitrogens is 1. The molecule has 10 nitrogen and oxygen atoms in total. The average molecular weight is 573 g/mol. The van der Waals surface area contributed by atoms with Gasteiger partial charge >= 0.3 is 0 Å². The lowest BCUT2D eigenvalue weighted by atomic mass is 10.0. The quantitative estimate of drug-likeness (QED) is 0.208. The molecule has 12 heteroatoms. The number of aromatic nitrogens is 2. The number of nitrogens with zero attached hydrogens (tertiary/aromatic N) is 2. The third-order valence-electron chi connectivity index (χ3n) is 6.53. The maximum atomic E-state index is 14.2. The first-order valence-electron chi connectivity index (χ1n) is 12.4. The lowest BCUT2D eigenvalue weighted by Crippen LogP contribution is -2.44. The molecule has 0 radical (unpaired) electrons. The Morgan fingerprint density at radius 1 is 1.07 bits per heavy atom. The number of rotatable bonds is 9. The zero-order valence-electron chi connectivity index (χ0n) is 21.8. The van der Waals surface area contributed by atoms with Crippen LogP contribution in [0.3, 0.4) is 0 Å². The number of anilines is 2. The number of primary amides is 1. The average Bonchev–Trinajstić information content (AvgIpc) is 3.59. The summed E-state index contributed by atoms with van der Waals surface area (Å²) in [4.78, 5) is 44.6. The Kier molecular flexibility index (Phi) is 7.66. The van der Waals surface area contributed by atoms with Gasteiger partial charge in [-0.15, -0.1) is 0 Å². The van der Waals surface area contributed by atoms with Crippen LogP contribution in [0.1, 0.15) is 37.3 Å². The summed E-state index contributed by atoms with van der Waals surface area (Å²) in [6, 6.07) is 18.5. The molecule has 41 heavy (non-hydrogen) atoms. The second-order valence-electron chi connectivity index (χ2n) is 9.05. The van der Waals surface area contributed by atoms with Gasteiger partial charge in [-0.3, -0.25) is 19.3 Å². The van der Waals surface area contributed by atoms with E-state index in [9.17, 15) is 18.8 Å². The molecule has 208 valence electrons. The van der Waals surface area contributed by atoms with E-state index in [-0.39, 0.29) is 22.8 Å². The predicted molar refractivity (Wildman–Crippen MR) is 154 cm³/mol. The van der Waals surface area contributed by atoms with Crippen LogP contribution >= 0.6 is 11.5 Å². The molecule has 1 atom stereocenters. The fraction of sp³-hybridized carbons (Fsp3) is 0.103. The van der Waals surface area contributed by atoms with Crippen molar-refractivity contribution >= 4 is 51.5 Å². The highest BCUT2D eigenvalue weighted by Gasteiger charge is 2.37. The van der Waals surface area contributed by atoms with Crippen LogP contribution in [-0.2, 0) is 11.3 Å². The highest BCUT2D eigenvalue weighted by atomic mass is 32.1. The zero-order valence-corrected chi connectivity index (χ0v) is 22.6. The van der Waals surface area contributed by atoms with Crippen molar-refractivity contribution in [3.05, 3.63) is 107 Å². The lowest BCUT2D eigenvalue weighted by Gasteiger charge is -2.31. The summed E-state index contributed by atoms with van der Waals surface area (Å²) in [5.74, 6) is -1.91. The summed E-state index contributed by atoms with van der Waals surface area (Å²) in [6.07, 6.45) is 1.67. The van der Waals surface area contributed by atoms with Gasteiger partial charge in [-0.25, -0.2) is 4.39 Å². The van der Waals surface area contributed by atoms with E-state index in [1.165, 1.54) is 24.1 Å². The molecule has 0 bridgehead atoms. The van der Waals surface area contributed by atoms with Gasteiger partial charge in [0.15, 0.2) is 5.69 Å². The summed E-state index contributed by atoms with van der Waals surface area (Å²) in [6.45, 7) is 0.0805. The maximum Gasteiger partial charge on any atom is 0.273 e. The van der Waals surface area contributed by atoms with Crippen molar-refractivity contribution in [2.24, 2.45) is 5.73 Å². The molecule has 0 saturated heterocycles. The van der Waals surface area contributed by atoms with Gasteiger partial charge in [0.1, 0.15) is 22.5 Å². The molecule has 5 aromatic rings. The number of carbonyl (C=O) groups is 3. The third kappa shape index (κ3) is 5.45. The number of benzene rings is 3. The Balaban J connectivity index is 1.65. The van der Waals surface area contributed by atoms with Crippen molar-refractivity contribution in [2.45, 2.75) is 12.6 Å². The fourth-order valence-corrected chi connectivity index (χ4v) is 5.21. The van der Waals surface area contributed by atoms with Crippen molar-refractivity contribution in [2.75, 3.05) is 17.7 Å². The van der Waals surface area contributed by atoms with E-state index in [0.29, 0.717) is 22.6 Å². The first kappa shape index (κ1) is 27.3. The molecular formula is C29H25FN6O4S. The minimum Gasteiger partial charge on any atom is -0.497 e. The summed E-state index contributed by atoms with van der Waals surface area (Å²) in [7, 11) is 1.51. The molecule has 0 fully saturated rings. The van der Waals surface area contributed by atoms with E-state index < -0.39 is 29.6 Å². The number of aromatic amines is 1. The van der Waals surface area contributed by atoms with E-state index in [1.54, 1.807) is 42.6 Å². The summed E-state index contributed by atoms with van der Waals surface area (Å²) < 4.78 is 22.7. The largest absolute Gasteiger partial charge is 0.497 e. The minimum absolute atomic E-state index is 0.0502. The molecule has 5 rings (SSSR count). The van der Waals surface area contributed by atoms with Crippen LogP contribution in [0.2, 0.25) is 0 Å². The number of ether oxygens (including phenoxy) is 1. The molecule has 6 N–H and O–H groups in total. The smallest absolute Gasteiger partial charge is 0.273 e. The van der Waals surface area contributed by atoms with Crippen LogP contribution in [0.5, 0.6) is 5.75 Å². The molecule has 0 aliphatic heterocycles. The number of halogens is 1. The van der Waals surface area contributed by atoms with Gasteiger partial charge < -0.3 is 26.5 Å². The molecule has 2 aromatic heterocycles. The number of nitrogen functional groups attached to an aromatic ring is 1. The minimum atomic E-state index is -1.20. The van der Waals surface area contributed by atoms with E-state index in [2.05, 4.69) is 14.7 Å². The monoisotopic (exact) mass is 572 g/mol. The second kappa shape index (κ2) is 11.5. The molecule has 0 unspecified atom stereocenters. The van der Waals surface area contributed by atoms with Gasteiger partial charge in [-0.1, -0.05) is 30.3 Å². The van der Waals surface area contributed by atoms with Crippen molar-refractivity contribution < 1.29 is 23.5 Å². The Labute approximate surface area is 237 Å². The Bertz CT molecular complexity index is 1730. The standard InChI is InChI=1S/C29H25FN6O4S/c1-40-19-12-10-18(11-13-19)36(29(39)26-23(31)24(27(32)37)35-41-26)25(21-15-33-22-5-3-2-4-20(21)22)28(38)34-14-16-6-8-17(30)9-7-16/h2-13,15,25,33H,14,31H2,1H3,(H2,32,37)(H,34,38)/t25-/m0/s1. The summed E-state index contributed by atoms with van der Waals surface area (Å²) in [5.41, 5.74) is 13.4. The maximum absolute atomic E-state index is 14.2. The first-order valence-corrected chi connectivity index (χ1v) is 13.2. The molecule has 2 heterocycles. The molecule has 0 saturated carbocycles. The Hall–Kier alpha value is -5.23. The summed E-state index contributed by atoms with van der Waals surface area (Å²) in [5, 5.41) is 3.60. The molecular weight excluding hydrogens is 547 g/mol. The van der Waals surface area contributed by atoms with E-state index >= 15 is 0 Å². The Morgan fingerprint density at radius 2 is 1.78 bits per heavy atom. The van der Waals surface area contributed by atoms with Gasteiger partial charge in [0, 0.05) is 34.9 Å². The van der Waals surface area contributed by atoms with Crippen LogP contribution < -0.4 is 26.4 Å². The van der Waals surface area contributed by atoms with Crippen LogP contribution in [0.15, 0.2) is 79.0 Å². The van der Waals surface area contributed by atoms with Crippen molar-refractivity contribution in [1.82, 2.24) is 14.7 Å². The van der Waals surface area contributed by atoms with E-state index in [1.807, 2.05) is 24.3 Å². The number of hydrogen-bond acceptors (Lipinski definition) is 7. The molecule has 0 aliphatic carbocycles. The number of fused-ring (bicyclic) bond motifs is 1. The van der Waals surface area contributed by atoms with Crippen molar-refractivity contribution in [3.8, 4) is 5.75 Å². The number of methoxy groups -OCH3 is 1. The third-order valence-corrected chi connectivity index (χ3v) is 7.38. The van der Waals surface area contributed by atoms with Gasteiger partial charge in [-0.2, -0.15) is 4.37 Å². The van der Waals surface area contributed by atoms with Crippen LogP contribution in [0, 0.1) is 5.82 Å². The number of amides is 3. The van der Waals surface area contributed by atoms with E-state index in [0.717, 1.165) is 22.4 Å². The zero-order chi connectivity index (χ0) is 29.1. The normalized spacial score (nSPS) is 11.7. The Morgan fingerprint density at radius 3 is 2.44 bits per heavy atom. The highest BCUT2D eigenvalue weighted by Crippen LogP contribution is 2.36. The van der Waals surface area contributed by atoms with Crippen molar-refractivity contribution in [1.29, 1.82) is 0 Å². The molecule has 0 spiro atoms. The number of nitrogens with two attached hydrogens (primary N) is 2. The van der Waals surface area contributed by atoms with Crippen LogP contribution in [0.25, 0.3) is 10.9 Å². The number of carbonyl (C=O) groups excluding carboxylic acids is 3. The van der Waals surface area contributed by atoms with Crippen molar-refractivity contribution in [3.63, 3.8) is 0 Å². The number of nitrogens with one attached hydrogen (secondary N) is 2. The number of para-hydroxylation sites is 1. The number of hydrogen-bond donors (Lipinski definition) is 4.